The quantitative estimate of drug-likeness (QED) is 0.792. The molecule has 17 heavy (non-hydrogen) atoms. The molecule has 0 amide bonds. The van der Waals surface area contributed by atoms with Gasteiger partial charge in [0.25, 0.3) is 6.01 Å². The second kappa shape index (κ2) is 4.29. The zero-order chi connectivity index (χ0) is 12.4. The number of hydrogen-bond acceptors (Lipinski definition) is 4. The largest absolute Gasteiger partial charge is 0.478 e. The first-order valence-electron chi connectivity index (χ1n) is 5.08. The number of anilines is 1. The molecule has 0 aliphatic heterocycles. The Morgan fingerprint density at radius 2 is 2.35 bits per heavy atom. The fraction of sp³-hybridized carbons (Fsp3) is 0.167. The van der Waals surface area contributed by atoms with Gasteiger partial charge in [0.2, 0.25) is 0 Å². The van der Waals surface area contributed by atoms with Gasteiger partial charge in [-0.3, -0.25) is 0 Å². The van der Waals surface area contributed by atoms with Gasteiger partial charge in [-0.05, 0) is 25.1 Å². The number of nitrogens with one attached hydrogen (secondary N) is 1. The first kappa shape index (κ1) is 11.2. The Kier molecular flexibility index (Phi) is 2.82. The molecule has 0 spiro atoms. The van der Waals surface area contributed by atoms with E-state index in [1.54, 1.807) is 6.07 Å². The van der Waals surface area contributed by atoms with E-state index in [-0.39, 0.29) is 5.56 Å². The van der Waals surface area contributed by atoms with Crippen LogP contribution >= 0.6 is 0 Å². The second-order valence-corrected chi connectivity index (χ2v) is 3.82. The van der Waals surface area contributed by atoms with E-state index >= 15 is 0 Å². The molecule has 2 rings (SSSR count). The number of oxazole rings is 1. The van der Waals surface area contributed by atoms with E-state index < -0.39 is 5.97 Å². The molecule has 88 valence electrons. The second-order valence-electron chi connectivity index (χ2n) is 3.82. The fourth-order valence-electron chi connectivity index (χ4n) is 1.36. The van der Waals surface area contributed by atoms with Crippen molar-refractivity contribution in [1.29, 1.82) is 0 Å². The maximum absolute atomic E-state index is 10.8. The van der Waals surface area contributed by atoms with Gasteiger partial charge in [0.1, 0.15) is 5.52 Å². The number of rotatable bonds is 4. The molecule has 0 saturated heterocycles. The molecule has 0 unspecified atom stereocenters. The SMILES string of the molecule is C=C(C)CNc1nc2ccc(C(=O)O)cc2o1. The fourth-order valence-corrected chi connectivity index (χ4v) is 1.36. The van der Waals surface area contributed by atoms with Crippen LogP contribution in [0.5, 0.6) is 0 Å². The lowest BCUT2D eigenvalue weighted by Crippen LogP contribution is -2.01. The summed E-state index contributed by atoms with van der Waals surface area (Å²) in [5.41, 5.74) is 2.21. The molecule has 0 bridgehead atoms. The van der Waals surface area contributed by atoms with Crippen LogP contribution in [0.2, 0.25) is 0 Å². The number of carboxylic acid groups (broad SMARTS) is 1. The lowest BCUT2D eigenvalue weighted by Gasteiger charge is -1.98. The molecule has 2 aromatic rings. The smallest absolute Gasteiger partial charge is 0.335 e. The summed E-state index contributed by atoms with van der Waals surface area (Å²) < 4.78 is 5.38. The summed E-state index contributed by atoms with van der Waals surface area (Å²) >= 11 is 0. The molecule has 0 atom stereocenters. The Morgan fingerprint density at radius 1 is 1.59 bits per heavy atom. The van der Waals surface area contributed by atoms with Gasteiger partial charge in [0.15, 0.2) is 5.58 Å². The molecule has 1 aromatic heterocycles. The van der Waals surface area contributed by atoms with Crippen LogP contribution in [0.4, 0.5) is 6.01 Å². The van der Waals surface area contributed by atoms with Crippen LogP contribution in [-0.4, -0.2) is 22.6 Å². The van der Waals surface area contributed by atoms with E-state index in [0.29, 0.717) is 23.7 Å². The number of carbonyl (C=O) groups is 1. The van der Waals surface area contributed by atoms with E-state index in [2.05, 4.69) is 16.9 Å². The van der Waals surface area contributed by atoms with Gasteiger partial charge in [-0.1, -0.05) is 12.2 Å². The van der Waals surface area contributed by atoms with Gasteiger partial charge in [-0.15, -0.1) is 0 Å². The maximum Gasteiger partial charge on any atom is 0.335 e. The molecule has 5 nitrogen and oxygen atoms in total. The molecule has 1 heterocycles. The van der Waals surface area contributed by atoms with Crippen LogP contribution < -0.4 is 5.32 Å². The standard InChI is InChI=1S/C12H12N2O3/c1-7(2)6-13-12-14-9-4-3-8(11(15)16)5-10(9)17-12/h3-5H,1,6H2,2H3,(H,13,14)(H,15,16). The molecule has 1 aromatic carbocycles. The summed E-state index contributed by atoms with van der Waals surface area (Å²) in [6.07, 6.45) is 0. The Bertz CT molecular complexity index is 586. The van der Waals surface area contributed by atoms with Crippen molar-refractivity contribution in [3.63, 3.8) is 0 Å². The van der Waals surface area contributed by atoms with E-state index in [9.17, 15) is 4.79 Å². The Morgan fingerprint density at radius 3 is 3.00 bits per heavy atom. The van der Waals surface area contributed by atoms with Crippen LogP contribution in [-0.2, 0) is 0 Å². The van der Waals surface area contributed by atoms with Crippen molar-refractivity contribution in [2.24, 2.45) is 0 Å². The monoisotopic (exact) mass is 232 g/mol. The van der Waals surface area contributed by atoms with Crippen LogP contribution in [0.1, 0.15) is 17.3 Å². The number of aromatic nitrogens is 1. The molecule has 2 N–H and O–H groups in total. The molecular weight excluding hydrogens is 220 g/mol. The van der Waals surface area contributed by atoms with Crippen molar-refractivity contribution in [3.8, 4) is 0 Å². The van der Waals surface area contributed by atoms with Crippen molar-refractivity contribution < 1.29 is 14.3 Å². The van der Waals surface area contributed by atoms with Crippen LogP contribution in [0, 0.1) is 0 Å². The highest BCUT2D eigenvalue weighted by molar-refractivity contribution is 5.92. The molecule has 0 aliphatic carbocycles. The molecule has 0 aliphatic rings. The summed E-state index contributed by atoms with van der Waals surface area (Å²) in [5.74, 6) is -0.986. The maximum atomic E-state index is 10.8. The van der Waals surface area contributed by atoms with Gasteiger partial charge in [0.05, 0.1) is 5.56 Å². The molecular formula is C12H12N2O3. The van der Waals surface area contributed by atoms with Gasteiger partial charge >= 0.3 is 5.97 Å². The zero-order valence-electron chi connectivity index (χ0n) is 9.36. The van der Waals surface area contributed by atoms with Crippen LogP contribution in [0.25, 0.3) is 11.1 Å². The third-order valence-corrected chi connectivity index (χ3v) is 2.18. The van der Waals surface area contributed by atoms with E-state index in [0.717, 1.165) is 5.57 Å². The highest BCUT2D eigenvalue weighted by Gasteiger charge is 2.09. The summed E-state index contributed by atoms with van der Waals surface area (Å²) in [5, 5.41) is 11.8. The lowest BCUT2D eigenvalue weighted by atomic mass is 10.2. The number of fused-ring (bicyclic) bond motifs is 1. The molecule has 5 heteroatoms. The predicted molar refractivity (Wildman–Crippen MR) is 64.3 cm³/mol. The normalized spacial score (nSPS) is 10.4. The van der Waals surface area contributed by atoms with Gasteiger partial charge in [-0.25, -0.2) is 4.79 Å². The van der Waals surface area contributed by atoms with E-state index in [4.69, 9.17) is 9.52 Å². The zero-order valence-corrected chi connectivity index (χ0v) is 9.36. The summed E-state index contributed by atoms with van der Waals surface area (Å²) in [6.45, 7) is 6.21. The average Bonchev–Trinajstić information content (AvgIpc) is 2.67. The number of benzene rings is 1. The number of aromatic carboxylic acids is 1. The first-order chi connectivity index (χ1) is 8.06. The minimum absolute atomic E-state index is 0.181. The van der Waals surface area contributed by atoms with E-state index in [1.807, 2.05) is 6.92 Å². The van der Waals surface area contributed by atoms with Crippen molar-refractivity contribution in [3.05, 3.63) is 35.9 Å². The third kappa shape index (κ3) is 2.44. The van der Waals surface area contributed by atoms with Crippen LogP contribution in [0.15, 0.2) is 34.8 Å². The number of hydrogen-bond donors (Lipinski definition) is 2. The van der Waals surface area contributed by atoms with Crippen molar-refractivity contribution in [2.45, 2.75) is 6.92 Å². The van der Waals surface area contributed by atoms with Crippen molar-refractivity contribution >= 4 is 23.1 Å². The minimum atomic E-state index is -0.986. The van der Waals surface area contributed by atoms with Crippen LogP contribution in [0.3, 0.4) is 0 Å². The summed E-state index contributed by atoms with van der Waals surface area (Å²) in [7, 11) is 0. The summed E-state index contributed by atoms with van der Waals surface area (Å²) in [6, 6.07) is 4.94. The van der Waals surface area contributed by atoms with Crippen molar-refractivity contribution in [1.82, 2.24) is 4.98 Å². The molecule has 0 radical (unpaired) electrons. The number of nitrogens with zero attached hydrogens (tertiary/aromatic N) is 1. The lowest BCUT2D eigenvalue weighted by molar-refractivity contribution is 0.0697. The van der Waals surface area contributed by atoms with Gasteiger partial charge in [0, 0.05) is 6.54 Å². The van der Waals surface area contributed by atoms with Gasteiger partial charge in [-0.2, -0.15) is 4.98 Å². The van der Waals surface area contributed by atoms with Gasteiger partial charge < -0.3 is 14.8 Å². The summed E-state index contributed by atoms with van der Waals surface area (Å²) in [4.78, 5) is 15.0. The first-order valence-corrected chi connectivity index (χ1v) is 5.08. The number of carboxylic acids is 1. The molecule has 0 saturated carbocycles. The van der Waals surface area contributed by atoms with E-state index in [1.165, 1.54) is 12.1 Å². The Balaban J connectivity index is 2.30. The third-order valence-electron chi connectivity index (χ3n) is 2.18. The topological polar surface area (TPSA) is 75.4 Å². The highest BCUT2D eigenvalue weighted by atomic mass is 16.4. The Hall–Kier alpha value is -2.30. The minimum Gasteiger partial charge on any atom is -0.478 e. The molecule has 0 fully saturated rings. The highest BCUT2D eigenvalue weighted by Crippen LogP contribution is 2.20. The average molecular weight is 232 g/mol. The van der Waals surface area contributed by atoms with Crippen molar-refractivity contribution in [2.75, 3.05) is 11.9 Å². The Labute approximate surface area is 97.8 Å². The predicted octanol–water partition coefficient (Wildman–Crippen LogP) is 2.51.